The van der Waals surface area contributed by atoms with Gasteiger partial charge in [-0.2, -0.15) is 0 Å². The van der Waals surface area contributed by atoms with Crippen LogP contribution in [-0.2, 0) is 28.8 Å². The molecule has 5 atom stereocenters. The van der Waals surface area contributed by atoms with Crippen molar-refractivity contribution in [2.45, 2.75) is 94.8 Å². The summed E-state index contributed by atoms with van der Waals surface area (Å²) in [7, 11) is -1.65. The third kappa shape index (κ3) is 14.3. The number of nitrogens with two attached hydrogens (primary N) is 1. The van der Waals surface area contributed by atoms with Crippen LogP contribution in [0.5, 0.6) is 0 Å². The highest BCUT2D eigenvalue weighted by Crippen LogP contribution is 2.19. The fraction of sp³-hybridized carbons (Fsp3) is 0.576. The second kappa shape index (κ2) is 22.1. The van der Waals surface area contributed by atoms with Gasteiger partial charge in [-0.3, -0.25) is 44.6 Å². The van der Waals surface area contributed by atoms with E-state index in [1.807, 2.05) is 0 Å². The third-order valence-corrected chi connectivity index (χ3v) is 8.89. The standard InChI is InChI=1S/C33H51BN10O10/c1-20(32(50)44-15-5-7-26(44)34(53)54)39-30(48)21-10-12-22(13-11-21)42-43-28(46)9-4-8-27(45)37-14-3-2-6-24(33(51)52)41-31(49)25(40-29(47)17-35)16-23-18-36-19-38-23/h10-13,19-20,23-26,42,53-54H,2-9,14-18,35H2,1H3,(H,36,38)(H,37,45)(H,39,48)(H,40,47)(H,41,49)(H,43,46)(H,51,52)/t20-,23?,24+,25+,26+/m1/s1. The van der Waals surface area contributed by atoms with E-state index in [9.17, 15) is 48.7 Å². The van der Waals surface area contributed by atoms with Gasteiger partial charge in [0, 0.05) is 37.5 Å². The van der Waals surface area contributed by atoms with E-state index in [1.165, 1.54) is 30.3 Å². The molecule has 20 nitrogen and oxygen atoms in total. The lowest BCUT2D eigenvalue weighted by molar-refractivity contribution is -0.142. The monoisotopic (exact) mass is 758 g/mol. The number of carboxylic acids is 1. The highest BCUT2D eigenvalue weighted by Gasteiger charge is 2.38. The Morgan fingerprint density at radius 3 is 2.33 bits per heavy atom. The molecule has 2 aliphatic heterocycles. The number of hydrogen-bond acceptors (Lipinski definition) is 13. The van der Waals surface area contributed by atoms with Gasteiger partial charge in [-0.05, 0) is 76.1 Å². The van der Waals surface area contributed by atoms with Crippen LogP contribution in [0.15, 0.2) is 29.3 Å². The first-order chi connectivity index (χ1) is 25.8. The summed E-state index contributed by atoms with van der Waals surface area (Å²) in [6, 6.07) is 2.86. The van der Waals surface area contributed by atoms with Gasteiger partial charge < -0.3 is 52.4 Å². The number of aliphatic carboxylic acids is 1. The Morgan fingerprint density at radius 2 is 1.69 bits per heavy atom. The van der Waals surface area contributed by atoms with Crippen molar-refractivity contribution in [3.8, 4) is 0 Å². The van der Waals surface area contributed by atoms with Crippen LogP contribution in [0.2, 0.25) is 0 Å². The Kier molecular flexibility index (Phi) is 17.6. The number of carboxylic acid groups (broad SMARTS) is 1. The largest absolute Gasteiger partial charge is 0.480 e. The molecule has 12 N–H and O–H groups in total. The van der Waals surface area contributed by atoms with E-state index in [2.05, 4.69) is 42.4 Å². The minimum absolute atomic E-state index is 0.0502. The molecule has 1 unspecified atom stereocenters. The lowest BCUT2D eigenvalue weighted by Crippen LogP contribution is -2.54. The van der Waals surface area contributed by atoms with Crippen LogP contribution in [0.4, 0.5) is 5.69 Å². The molecule has 1 aromatic rings. The summed E-state index contributed by atoms with van der Waals surface area (Å²) < 4.78 is 0. The minimum atomic E-state index is -1.65. The van der Waals surface area contributed by atoms with Gasteiger partial charge in [-0.1, -0.05) is 0 Å². The van der Waals surface area contributed by atoms with Gasteiger partial charge in [0.25, 0.3) is 5.91 Å². The van der Waals surface area contributed by atoms with Crippen molar-refractivity contribution in [1.29, 1.82) is 0 Å². The number of anilines is 1. The molecular formula is C33H51BN10O10. The Balaban J connectivity index is 1.28. The van der Waals surface area contributed by atoms with Gasteiger partial charge in [0.1, 0.15) is 18.1 Å². The van der Waals surface area contributed by atoms with Gasteiger partial charge >= 0.3 is 13.1 Å². The molecule has 0 saturated carbocycles. The van der Waals surface area contributed by atoms with Gasteiger partial charge in [0.05, 0.1) is 31.1 Å². The van der Waals surface area contributed by atoms with Gasteiger partial charge in [-0.25, -0.2) is 4.79 Å². The SMILES string of the molecule is C[C@@H](NC(=O)c1ccc(NNC(=O)CCCC(=O)NCCCC[C@H](NC(=O)[C@H](CC2CN=CN2)NC(=O)CN)C(=O)O)cc1)C(=O)N1CCC[C@H]1B(O)O. The number of nitrogens with zero attached hydrogens (tertiary/aromatic N) is 2. The van der Waals surface area contributed by atoms with Crippen LogP contribution in [0, 0.1) is 0 Å². The average Bonchev–Trinajstić information content (AvgIpc) is 3.86. The quantitative estimate of drug-likeness (QED) is 0.0322. The molecule has 2 aliphatic rings. The van der Waals surface area contributed by atoms with Crippen LogP contribution < -0.4 is 43.2 Å². The summed E-state index contributed by atoms with van der Waals surface area (Å²) in [6.45, 7) is 2.26. The highest BCUT2D eigenvalue weighted by atomic mass is 16.4. The van der Waals surface area contributed by atoms with Crippen molar-refractivity contribution in [2.24, 2.45) is 10.7 Å². The van der Waals surface area contributed by atoms with Crippen LogP contribution in [0.25, 0.3) is 0 Å². The van der Waals surface area contributed by atoms with E-state index in [4.69, 9.17) is 5.73 Å². The maximum atomic E-state index is 12.8. The lowest BCUT2D eigenvalue weighted by Gasteiger charge is -2.27. The number of aliphatic imine (C=N–C) groups is 1. The Morgan fingerprint density at radius 1 is 0.963 bits per heavy atom. The summed E-state index contributed by atoms with van der Waals surface area (Å²) in [5.74, 6) is -4.69. The van der Waals surface area contributed by atoms with E-state index >= 15 is 0 Å². The van der Waals surface area contributed by atoms with Gasteiger partial charge in [0.15, 0.2) is 0 Å². The number of likely N-dealkylation sites (tertiary alicyclic amines) is 1. The number of rotatable bonds is 22. The van der Waals surface area contributed by atoms with E-state index in [-0.39, 0.29) is 68.6 Å². The van der Waals surface area contributed by atoms with Crippen LogP contribution in [0.1, 0.15) is 75.1 Å². The summed E-state index contributed by atoms with van der Waals surface area (Å²) in [5, 5.41) is 41.9. The molecule has 0 spiro atoms. The molecular weight excluding hydrogens is 707 g/mol. The highest BCUT2D eigenvalue weighted by molar-refractivity contribution is 6.43. The second-order valence-electron chi connectivity index (χ2n) is 13.1. The van der Waals surface area contributed by atoms with E-state index < -0.39 is 60.8 Å². The number of carbonyl (C=O) groups is 7. The molecule has 0 bridgehead atoms. The molecule has 296 valence electrons. The normalized spacial score (nSPS) is 17.7. The number of hydrazine groups is 1. The van der Waals surface area contributed by atoms with Crippen molar-refractivity contribution in [2.75, 3.05) is 31.6 Å². The average molecular weight is 759 g/mol. The zero-order valence-corrected chi connectivity index (χ0v) is 30.2. The minimum Gasteiger partial charge on any atom is -0.480 e. The Labute approximate surface area is 312 Å². The second-order valence-corrected chi connectivity index (χ2v) is 13.1. The first kappa shape index (κ1) is 43.1. The third-order valence-electron chi connectivity index (χ3n) is 8.89. The van der Waals surface area contributed by atoms with Crippen molar-refractivity contribution < 1.29 is 48.7 Å². The maximum absolute atomic E-state index is 12.8. The Hall–Kier alpha value is -5.28. The smallest absolute Gasteiger partial charge is 0.475 e. The summed E-state index contributed by atoms with van der Waals surface area (Å²) >= 11 is 0. The fourth-order valence-electron chi connectivity index (χ4n) is 5.91. The lowest BCUT2D eigenvalue weighted by atomic mass is 9.78. The number of nitrogens with one attached hydrogen (secondary N) is 7. The molecule has 6 amide bonds. The molecule has 0 aromatic heterocycles. The van der Waals surface area contributed by atoms with Crippen LogP contribution in [0.3, 0.4) is 0 Å². The first-order valence-corrected chi connectivity index (χ1v) is 17.9. The van der Waals surface area contributed by atoms with Crippen molar-refractivity contribution in [3.05, 3.63) is 29.8 Å². The molecule has 0 radical (unpaired) electrons. The summed E-state index contributed by atoms with van der Waals surface area (Å²) in [4.78, 5) is 91.8. The van der Waals surface area contributed by atoms with Crippen LogP contribution in [-0.4, -0.2) is 131 Å². The number of unbranched alkanes of at least 4 members (excludes halogenated alkanes) is 1. The predicted octanol–water partition coefficient (Wildman–Crippen LogP) is -2.89. The molecule has 1 fully saturated rings. The van der Waals surface area contributed by atoms with Crippen molar-refractivity contribution >= 4 is 60.6 Å². The number of benzene rings is 1. The van der Waals surface area contributed by atoms with E-state index in [0.717, 1.165) is 0 Å². The van der Waals surface area contributed by atoms with Crippen molar-refractivity contribution in [3.63, 3.8) is 0 Å². The molecule has 3 rings (SSSR count). The van der Waals surface area contributed by atoms with E-state index in [1.54, 1.807) is 12.1 Å². The predicted molar refractivity (Wildman–Crippen MR) is 196 cm³/mol. The topological polar surface area (TPSA) is 306 Å². The zero-order valence-electron chi connectivity index (χ0n) is 30.2. The van der Waals surface area contributed by atoms with Gasteiger partial charge in [-0.15, -0.1) is 0 Å². The summed E-state index contributed by atoms with van der Waals surface area (Å²) in [5.41, 5.74) is 11.4. The number of carbonyl (C=O) groups excluding carboxylic acids is 6. The zero-order chi connectivity index (χ0) is 39.6. The summed E-state index contributed by atoms with van der Waals surface area (Å²) in [6.07, 6.45) is 4.12. The Bertz CT molecular complexity index is 1490. The van der Waals surface area contributed by atoms with E-state index in [0.29, 0.717) is 44.5 Å². The molecule has 0 aliphatic carbocycles. The first-order valence-electron chi connectivity index (χ1n) is 17.9. The maximum Gasteiger partial charge on any atom is 0.475 e. The number of hydrogen-bond donors (Lipinski definition) is 11. The molecule has 2 heterocycles. The van der Waals surface area contributed by atoms with Crippen LogP contribution >= 0.6 is 0 Å². The molecule has 54 heavy (non-hydrogen) atoms. The molecule has 21 heteroatoms. The number of amides is 6. The molecule has 1 aromatic carbocycles. The molecule has 1 saturated heterocycles. The fourth-order valence-corrected chi connectivity index (χ4v) is 5.91. The van der Waals surface area contributed by atoms with Gasteiger partial charge in [0.2, 0.25) is 29.5 Å². The van der Waals surface area contributed by atoms with Crippen molar-refractivity contribution in [1.82, 2.24) is 36.9 Å².